The average Bonchev–Trinajstić information content (AvgIpc) is 3.04. The van der Waals surface area contributed by atoms with Crippen molar-refractivity contribution >= 4 is 5.65 Å². The molecular weight excluding hydrogens is 252 g/mol. The third-order valence-corrected chi connectivity index (χ3v) is 4.09. The summed E-state index contributed by atoms with van der Waals surface area (Å²) >= 11 is 0. The van der Waals surface area contributed by atoms with E-state index in [1.54, 1.807) is 7.11 Å². The quantitative estimate of drug-likeness (QED) is 0.857. The number of hydrogen-bond acceptors (Lipinski definition) is 4. The minimum Gasteiger partial charge on any atom is -0.493 e. The lowest BCUT2D eigenvalue weighted by Gasteiger charge is -2.27. The molecule has 5 nitrogen and oxygen atoms in total. The second-order valence-electron chi connectivity index (χ2n) is 5.70. The van der Waals surface area contributed by atoms with Crippen LogP contribution in [0.5, 0.6) is 5.75 Å². The second-order valence-corrected chi connectivity index (χ2v) is 5.70. The van der Waals surface area contributed by atoms with E-state index < -0.39 is 0 Å². The van der Waals surface area contributed by atoms with E-state index in [1.807, 2.05) is 22.8 Å². The average molecular weight is 274 g/mol. The van der Waals surface area contributed by atoms with Crippen LogP contribution in [0.25, 0.3) is 5.65 Å². The highest BCUT2D eigenvalue weighted by atomic mass is 16.5. The molecule has 1 fully saturated rings. The van der Waals surface area contributed by atoms with Gasteiger partial charge in [0.15, 0.2) is 17.2 Å². The van der Waals surface area contributed by atoms with Gasteiger partial charge in [-0.15, -0.1) is 0 Å². The van der Waals surface area contributed by atoms with Crippen LogP contribution in [0.1, 0.15) is 32.5 Å². The monoisotopic (exact) mass is 274 g/mol. The van der Waals surface area contributed by atoms with Crippen molar-refractivity contribution in [3.05, 3.63) is 24.2 Å². The van der Waals surface area contributed by atoms with Crippen molar-refractivity contribution < 1.29 is 4.74 Å². The Morgan fingerprint density at radius 1 is 1.45 bits per heavy atom. The largest absolute Gasteiger partial charge is 0.493 e. The number of ether oxygens (including phenoxy) is 1. The molecule has 5 heteroatoms. The molecule has 1 aliphatic heterocycles. The smallest absolute Gasteiger partial charge is 0.198 e. The number of rotatable bonds is 4. The molecule has 0 radical (unpaired) electrons. The topological polar surface area (TPSA) is 42.7 Å². The predicted octanol–water partition coefficient (Wildman–Crippen LogP) is 2.15. The Bertz CT molecular complexity index is 593. The molecule has 0 aliphatic carbocycles. The molecule has 2 aromatic rings. The van der Waals surface area contributed by atoms with E-state index in [0.29, 0.717) is 12.1 Å². The van der Waals surface area contributed by atoms with Gasteiger partial charge in [0.25, 0.3) is 0 Å². The van der Waals surface area contributed by atoms with Crippen LogP contribution in [0.2, 0.25) is 0 Å². The molecule has 20 heavy (non-hydrogen) atoms. The zero-order valence-corrected chi connectivity index (χ0v) is 12.4. The Morgan fingerprint density at radius 2 is 2.30 bits per heavy atom. The van der Waals surface area contributed by atoms with E-state index in [0.717, 1.165) is 23.6 Å². The fraction of sp³-hybridized carbons (Fsp3) is 0.600. The lowest BCUT2D eigenvalue weighted by atomic mass is 10.1. The standard InChI is InChI=1S/C15H22N4O/c1-11(2)18-8-4-6-12(18)10-14-16-15-13(20-3)7-5-9-19(15)17-14/h5,7,9,11-12H,4,6,8,10H2,1-3H3. The molecule has 0 aromatic carbocycles. The second kappa shape index (κ2) is 5.40. The molecule has 108 valence electrons. The lowest BCUT2D eigenvalue weighted by Crippen LogP contribution is -2.36. The van der Waals surface area contributed by atoms with Gasteiger partial charge in [-0.2, -0.15) is 5.10 Å². The summed E-state index contributed by atoms with van der Waals surface area (Å²) < 4.78 is 7.14. The minimum atomic E-state index is 0.568. The van der Waals surface area contributed by atoms with Gasteiger partial charge in [-0.05, 0) is 45.4 Å². The van der Waals surface area contributed by atoms with Crippen molar-refractivity contribution in [3.63, 3.8) is 0 Å². The van der Waals surface area contributed by atoms with Crippen molar-refractivity contribution in [2.75, 3.05) is 13.7 Å². The summed E-state index contributed by atoms with van der Waals surface area (Å²) in [5, 5.41) is 4.58. The highest BCUT2D eigenvalue weighted by molar-refractivity contribution is 5.52. The number of hydrogen-bond donors (Lipinski definition) is 0. The number of nitrogens with zero attached hydrogens (tertiary/aromatic N) is 4. The Balaban J connectivity index is 1.84. The highest BCUT2D eigenvalue weighted by Crippen LogP contribution is 2.23. The summed E-state index contributed by atoms with van der Waals surface area (Å²) in [5.41, 5.74) is 0.805. The Morgan fingerprint density at radius 3 is 3.05 bits per heavy atom. The molecule has 3 rings (SSSR count). The SMILES string of the molecule is COc1cccn2nc(CC3CCCN3C(C)C)nc12. The molecule has 1 saturated heterocycles. The molecule has 1 unspecified atom stereocenters. The van der Waals surface area contributed by atoms with E-state index in [2.05, 4.69) is 28.8 Å². The minimum absolute atomic E-state index is 0.568. The number of likely N-dealkylation sites (tertiary alicyclic amines) is 1. The summed E-state index contributed by atoms with van der Waals surface area (Å²) in [6.07, 6.45) is 5.36. The molecule has 0 bridgehead atoms. The summed E-state index contributed by atoms with van der Waals surface area (Å²) in [6, 6.07) is 5.01. The van der Waals surface area contributed by atoms with Crippen LogP contribution < -0.4 is 4.74 Å². The van der Waals surface area contributed by atoms with Crippen molar-refractivity contribution in [1.29, 1.82) is 0 Å². The Hall–Kier alpha value is -1.62. The van der Waals surface area contributed by atoms with E-state index in [-0.39, 0.29) is 0 Å². The summed E-state index contributed by atoms with van der Waals surface area (Å²) in [5.74, 6) is 1.69. The molecule has 0 N–H and O–H groups in total. The van der Waals surface area contributed by atoms with Gasteiger partial charge >= 0.3 is 0 Å². The molecule has 1 aliphatic rings. The van der Waals surface area contributed by atoms with Gasteiger partial charge in [-0.25, -0.2) is 9.50 Å². The summed E-state index contributed by atoms with van der Waals surface area (Å²) in [6.45, 7) is 5.72. The van der Waals surface area contributed by atoms with Gasteiger partial charge in [0.05, 0.1) is 7.11 Å². The fourth-order valence-corrected chi connectivity index (χ4v) is 3.14. The van der Waals surface area contributed by atoms with Gasteiger partial charge in [0.1, 0.15) is 0 Å². The summed E-state index contributed by atoms with van der Waals surface area (Å²) in [7, 11) is 1.67. The molecular formula is C15H22N4O. The third kappa shape index (κ3) is 2.38. The maximum Gasteiger partial charge on any atom is 0.198 e. The van der Waals surface area contributed by atoms with E-state index in [1.165, 1.54) is 19.4 Å². The number of methoxy groups -OCH3 is 1. The van der Waals surface area contributed by atoms with Crippen LogP contribution in [-0.2, 0) is 6.42 Å². The van der Waals surface area contributed by atoms with Crippen LogP contribution in [0, 0.1) is 0 Å². The Labute approximate surface area is 119 Å². The van der Waals surface area contributed by atoms with E-state index in [4.69, 9.17) is 4.74 Å². The first-order valence-electron chi connectivity index (χ1n) is 7.33. The normalized spacial score (nSPS) is 20.1. The Kier molecular flexibility index (Phi) is 3.61. The van der Waals surface area contributed by atoms with Crippen LogP contribution in [0.15, 0.2) is 18.3 Å². The zero-order chi connectivity index (χ0) is 14.1. The van der Waals surface area contributed by atoms with Crippen molar-refractivity contribution in [2.45, 2.75) is 45.2 Å². The molecule has 2 aromatic heterocycles. The van der Waals surface area contributed by atoms with Crippen LogP contribution in [-0.4, -0.2) is 45.2 Å². The number of fused-ring (bicyclic) bond motifs is 1. The van der Waals surface area contributed by atoms with E-state index >= 15 is 0 Å². The summed E-state index contributed by atoms with van der Waals surface area (Å²) in [4.78, 5) is 7.20. The van der Waals surface area contributed by atoms with Gasteiger partial charge in [-0.1, -0.05) is 0 Å². The lowest BCUT2D eigenvalue weighted by molar-refractivity contribution is 0.201. The third-order valence-electron chi connectivity index (χ3n) is 4.09. The van der Waals surface area contributed by atoms with E-state index in [9.17, 15) is 0 Å². The van der Waals surface area contributed by atoms with Crippen molar-refractivity contribution in [1.82, 2.24) is 19.5 Å². The predicted molar refractivity (Wildman–Crippen MR) is 78.1 cm³/mol. The van der Waals surface area contributed by atoms with Crippen molar-refractivity contribution in [2.24, 2.45) is 0 Å². The molecule has 3 heterocycles. The van der Waals surface area contributed by atoms with Gasteiger partial charge in [0, 0.05) is 24.7 Å². The van der Waals surface area contributed by atoms with Crippen LogP contribution >= 0.6 is 0 Å². The molecule has 1 atom stereocenters. The highest BCUT2D eigenvalue weighted by Gasteiger charge is 2.27. The maximum atomic E-state index is 5.34. The van der Waals surface area contributed by atoms with Crippen molar-refractivity contribution in [3.8, 4) is 5.75 Å². The van der Waals surface area contributed by atoms with Crippen LogP contribution in [0.4, 0.5) is 0 Å². The van der Waals surface area contributed by atoms with Gasteiger partial charge in [0.2, 0.25) is 0 Å². The zero-order valence-electron chi connectivity index (χ0n) is 12.4. The molecule has 0 spiro atoms. The molecule has 0 amide bonds. The number of aromatic nitrogens is 3. The number of pyridine rings is 1. The first kappa shape index (κ1) is 13.4. The first-order chi connectivity index (χ1) is 9.69. The van der Waals surface area contributed by atoms with Crippen LogP contribution in [0.3, 0.4) is 0 Å². The fourth-order valence-electron chi connectivity index (χ4n) is 3.14. The van der Waals surface area contributed by atoms with Gasteiger partial charge in [-0.3, -0.25) is 4.90 Å². The van der Waals surface area contributed by atoms with Gasteiger partial charge < -0.3 is 4.74 Å². The first-order valence-corrected chi connectivity index (χ1v) is 7.33. The maximum absolute atomic E-state index is 5.34. The molecule has 0 saturated carbocycles.